The second-order valence-electron chi connectivity index (χ2n) is 10.7. The summed E-state index contributed by atoms with van der Waals surface area (Å²) in [6.07, 6.45) is 9.26. The molecule has 1 aromatic rings. The first-order valence-electron chi connectivity index (χ1n) is 12.7. The average Bonchev–Trinajstić information content (AvgIpc) is 2.81. The third-order valence-corrected chi connectivity index (χ3v) is 10.9. The van der Waals surface area contributed by atoms with E-state index in [1.807, 2.05) is 49.4 Å². The van der Waals surface area contributed by atoms with E-state index in [2.05, 4.69) is 47.0 Å². The molecule has 0 aliphatic heterocycles. The SMILES string of the molecule is C=CCO[C@H](/C=C/[C@H](O)[C@H](C/C=C/CO[Si](C)(C)C(C)(C)C)OCc1ccc(OC)cc1)CC(=C)C. The van der Waals surface area contributed by atoms with Gasteiger partial charge in [-0.2, -0.15) is 0 Å². The normalized spacial score (nSPS) is 15.2. The van der Waals surface area contributed by atoms with Gasteiger partial charge in [0.25, 0.3) is 0 Å². The smallest absolute Gasteiger partial charge is 0.192 e. The molecule has 0 aromatic heterocycles. The van der Waals surface area contributed by atoms with Crippen LogP contribution in [0, 0.1) is 0 Å². The maximum absolute atomic E-state index is 11.0. The van der Waals surface area contributed by atoms with E-state index < -0.39 is 20.5 Å². The monoisotopic (exact) mass is 516 g/mol. The molecule has 6 heteroatoms. The Morgan fingerprint density at radius 2 is 1.72 bits per heavy atom. The molecule has 0 aliphatic carbocycles. The summed E-state index contributed by atoms with van der Waals surface area (Å²) in [4.78, 5) is 0. The van der Waals surface area contributed by atoms with Crippen LogP contribution in [-0.2, 0) is 20.5 Å². The minimum atomic E-state index is -1.80. The van der Waals surface area contributed by atoms with Crippen LogP contribution in [0.25, 0.3) is 0 Å². The number of aliphatic hydroxyl groups excluding tert-OH is 1. The van der Waals surface area contributed by atoms with Crippen molar-refractivity contribution in [3.05, 3.63) is 78.9 Å². The van der Waals surface area contributed by atoms with E-state index in [0.717, 1.165) is 16.9 Å². The van der Waals surface area contributed by atoms with Gasteiger partial charge in [0.05, 0.1) is 45.2 Å². The van der Waals surface area contributed by atoms with Gasteiger partial charge < -0.3 is 23.7 Å². The number of ether oxygens (including phenoxy) is 3. The average molecular weight is 517 g/mol. The predicted octanol–water partition coefficient (Wildman–Crippen LogP) is 7.00. The number of hydrogen-bond donors (Lipinski definition) is 1. The minimum absolute atomic E-state index is 0.167. The first-order valence-corrected chi connectivity index (χ1v) is 15.6. The summed E-state index contributed by atoms with van der Waals surface area (Å²) in [5.41, 5.74) is 2.02. The Balaban J connectivity index is 2.87. The van der Waals surface area contributed by atoms with Crippen LogP contribution in [-0.4, -0.2) is 52.1 Å². The summed E-state index contributed by atoms with van der Waals surface area (Å²) in [7, 11) is -0.158. The number of benzene rings is 1. The molecule has 0 bridgehead atoms. The summed E-state index contributed by atoms with van der Waals surface area (Å²) >= 11 is 0. The Hall–Kier alpha value is -1.96. The van der Waals surface area contributed by atoms with Crippen LogP contribution in [0.1, 0.15) is 46.1 Å². The van der Waals surface area contributed by atoms with Crippen LogP contribution in [0.15, 0.2) is 73.4 Å². The molecule has 36 heavy (non-hydrogen) atoms. The van der Waals surface area contributed by atoms with Gasteiger partial charge in [-0.15, -0.1) is 13.2 Å². The number of aliphatic hydroxyl groups is 1. The Morgan fingerprint density at radius 3 is 2.28 bits per heavy atom. The van der Waals surface area contributed by atoms with Crippen LogP contribution < -0.4 is 4.74 Å². The molecule has 0 saturated carbocycles. The molecule has 0 spiro atoms. The van der Waals surface area contributed by atoms with Crippen molar-refractivity contribution in [2.24, 2.45) is 0 Å². The van der Waals surface area contributed by atoms with Crippen LogP contribution in [0.5, 0.6) is 5.75 Å². The highest BCUT2D eigenvalue weighted by Gasteiger charge is 2.36. The Bertz CT molecular complexity index is 836. The summed E-state index contributed by atoms with van der Waals surface area (Å²) in [6, 6.07) is 7.74. The van der Waals surface area contributed by atoms with Crippen molar-refractivity contribution in [3.8, 4) is 5.75 Å². The van der Waals surface area contributed by atoms with Gasteiger partial charge in [-0.25, -0.2) is 0 Å². The minimum Gasteiger partial charge on any atom is -0.497 e. The zero-order valence-corrected chi connectivity index (χ0v) is 24.5. The fraction of sp³-hybridized carbons (Fsp3) is 0.533. The molecule has 1 N–H and O–H groups in total. The van der Waals surface area contributed by atoms with E-state index in [1.54, 1.807) is 19.3 Å². The quantitative estimate of drug-likeness (QED) is 0.178. The van der Waals surface area contributed by atoms with Crippen molar-refractivity contribution >= 4 is 8.32 Å². The Morgan fingerprint density at radius 1 is 1.06 bits per heavy atom. The predicted molar refractivity (Wildman–Crippen MR) is 153 cm³/mol. The largest absolute Gasteiger partial charge is 0.497 e. The molecule has 1 rings (SSSR count). The summed E-state index contributed by atoms with van der Waals surface area (Å²) in [6.45, 7) is 22.2. The number of methoxy groups -OCH3 is 1. The Labute approximate surface area is 220 Å². The van der Waals surface area contributed by atoms with E-state index in [1.165, 1.54) is 0 Å². The van der Waals surface area contributed by atoms with E-state index in [0.29, 0.717) is 32.7 Å². The van der Waals surface area contributed by atoms with Crippen molar-refractivity contribution in [3.63, 3.8) is 0 Å². The van der Waals surface area contributed by atoms with Crippen molar-refractivity contribution in [2.45, 2.75) is 83.6 Å². The van der Waals surface area contributed by atoms with Crippen molar-refractivity contribution in [1.82, 2.24) is 0 Å². The van der Waals surface area contributed by atoms with E-state index in [4.69, 9.17) is 18.6 Å². The zero-order chi connectivity index (χ0) is 27.2. The first-order chi connectivity index (χ1) is 16.9. The lowest BCUT2D eigenvalue weighted by Gasteiger charge is -2.35. The molecule has 1 aromatic carbocycles. The molecular weight excluding hydrogens is 468 g/mol. The van der Waals surface area contributed by atoms with Gasteiger partial charge in [0.2, 0.25) is 0 Å². The van der Waals surface area contributed by atoms with Gasteiger partial charge in [-0.3, -0.25) is 0 Å². The highest BCUT2D eigenvalue weighted by Crippen LogP contribution is 2.36. The molecule has 0 radical (unpaired) electrons. The molecule has 0 fully saturated rings. The van der Waals surface area contributed by atoms with Gasteiger partial charge >= 0.3 is 0 Å². The van der Waals surface area contributed by atoms with Gasteiger partial charge in [-0.05, 0) is 55.6 Å². The van der Waals surface area contributed by atoms with E-state index in [-0.39, 0.29) is 11.1 Å². The fourth-order valence-electron chi connectivity index (χ4n) is 3.08. The molecular formula is C30H48O5Si. The van der Waals surface area contributed by atoms with Gasteiger partial charge in [0.15, 0.2) is 8.32 Å². The number of hydrogen-bond acceptors (Lipinski definition) is 5. The highest BCUT2D eigenvalue weighted by atomic mass is 28.4. The molecule has 0 aliphatic rings. The maximum atomic E-state index is 11.0. The van der Waals surface area contributed by atoms with Crippen molar-refractivity contribution in [2.75, 3.05) is 20.3 Å². The van der Waals surface area contributed by atoms with E-state index in [9.17, 15) is 5.11 Å². The second-order valence-corrected chi connectivity index (χ2v) is 15.5. The third kappa shape index (κ3) is 12.3. The van der Waals surface area contributed by atoms with Crippen LogP contribution >= 0.6 is 0 Å². The molecule has 0 amide bonds. The highest BCUT2D eigenvalue weighted by molar-refractivity contribution is 6.74. The van der Waals surface area contributed by atoms with Crippen LogP contribution in [0.2, 0.25) is 18.1 Å². The third-order valence-electron chi connectivity index (χ3n) is 6.39. The van der Waals surface area contributed by atoms with Crippen LogP contribution in [0.3, 0.4) is 0 Å². The maximum Gasteiger partial charge on any atom is 0.192 e. The van der Waals surface area contributed by atoms with Gasteiger partial charge in [0.1, 0.15) is 5.75 Å². The lowest BCUT2D eigenvalue weighted by Crippen LogP contribution is -2.40. The van der Waals surface area contributed by atoms with Gasteiger partial charge in [0, 0.05) is 0 Å². The molecule has 0 saturated heterocycles. The standard InChI is InChI=1S/C30H48O5Si/c1-10-20-33-27(22-24(2)3)18-19-28(31)29(34-23-25-14-16-26(32-7)17-15-25)13-11-12-21-35-36(8,9)30(4,5)6/h10-12,14-19,27-29,31H,1-2,13,20-23H2,3-9H3/b12-11+,19-18+/t27-,28+,29+/m1/s1. The molecule has 3 atom stereocenters. The van der Waals surface area contributed by atoms with Crippen LogP contribution in [0.4, 0.5) is 0 Å². The molecule has 0 unspecified atom stereocenters. The summed E-state index contributed by atoms with van der Waals surface area (Å²) in [5, 5.41) is 11.1. The van der Waals surface area contributed by atoms with E-state index >= 15 is 0 Å². The molecule has 0 heterocycles. The molecule has 5 nitrogen and oxygen atoms in total. The summed E-state index contributed by atoms with van der Waals surface area (Å²) < 4.78 is 23.4. The lowest BCUT2D eigenvalue weighted by molar-refractivity contribution is -0.0251. The van der Waals surface area contributed by atoms with Crippen molar-refractivity contribution < 1.29 is 23.7 Å². The number of rotatable bonds is 17. The Kier molecular flexibility index (Phi) is 14.3. The first kappa shape index (κ1) is 32.1. The molecule has 202 valence electrons. The summed E-state index contributed by atoms with van der Waals surface area (Å²) in [5.74, 6) is 0.797. The van der Waals surface area contributed by atoms with Gasteiger partial charge in [-0.1, -0.05) is 68.9 Å². The topological polar surface area (TPSA) is 57.2 Å². The fourth-order valence-corrected chi connectivity index (χ4v) is 4.03. The lowest BCUT2D eigenvalue weighted by atomic mass is 10.1. The van der Waals surface area contributed by atoms with Crippen molar-refractivity contribution in [1.29, 1.82) is 0 Å². The second kappa shape index (κ2) is 16.0. The zero-order valence-electron chi connectivity index (χ0n) is 23.5.